The van der Waals surface area contributed by atoms with Gasteiger partial charge in [0.15, 0.2) is 0 Å². The molecule has 0 unspecified atom stereocenters. The second-order valence-electron chi connectivity index (χ2n) is 4.17. The van der Waals surface area contributed by atoms with Gasteiger partial charge in [-0.2, -0.15) is 0 Å². The van der Waals surface area contributed by atoms with Gasteiger partial charge in [-0.1, -0.05) is 13.8 Å². The fourth-order valence-electron chi connectivity index (χ4n) is 0.928. The molecule has 7 heteroatoms. The minimum atomic E-state index is -1.31. The maximum Gasteiger partial charge on any atom is 0.307 e. The van der Waals surface area contributed by atoms with E-state index < -0.39 is 23.4 Å². The van der Waals surface area contributed by atoms with E-state index in [2.05, 4.69) is 10.1 Å². The summed E-state index contributed by atoms with van der Waals surface area (Å²) in [6, 6.07) is 0. The van der Waals surface area contributed by atoms with Crippen molar-refractivity contribution in [2.45, 2.75) is 26.4 Å². The standard InChI is InChI=1S/C10H19NO5.H2O/c1-10(2,6-12)8(14)9(15)11-5-4-7(13)16-3;/h8,12,14H,4-6H2,1-3H3,(H,11,15);1H2/t8-;/m0./s1. The molecule has 0 fully saturated rings. The lowest BCUT2D eigenvalue weighted by Gasteiger charge is -2.27. The van der Waals surface area contributed by atoms with Crippen molar-refractivity contribution >= 4 is 11.9 Å². The van der Waals surface area contributed by atoms with Crippen molar-refractivity contribution in [1.29, 1.82) is 0 Å². The van der Waals surface area contributed by atoms with Gasteiger partial charge in [0.25, 0.3) is 0 Å². The number of rotatable bonds is 6. The van der Waals surface area contributed by atoms with Crippen LogP contribution in [-0.4, -0.2) is 53.9 Å². The fourth-order valence-corrected chi connectivity index (χ4v) is 0.928. The second kappa shape index (κ2) is 7.99. The maximum absolute atomic E-state index is 11.4. The minimum Gasteiger partial charge on any atom is -0.469 e. The van der Waals surface area contributed by atoms with Crippen LogP contribution < -0.4 is 5.32 Å². The molecule has 17 heavy (non-hydrogen) atoms. The highest BCUT2D eigenvalue weighted by Crippen LogP contribution is 2.19. The zero-order valence-electron chi connectivity index (χ0n) is 10.3. The summed E-state index contributed by atoms with van der Waals surface area (Å²) in [5.41, 5.74) is -0.907. The average Bonchev–Trinajstić information content (AvgIpc) is 2.27. The summed E-state index contributed by atoms with van der Waals surface area (Å²) >= 11 is 0. The van der Waals surface area contributed by atoms with Crippen LogP contribution in [0.1, 0.15) is 20.3 Å². The molecular weight excluding hydrogens is 230 g/mol. The second-order valence-corrected chi connectivity index (χ2v) is 4.17. The third-order valence-corrected chi connectivity index (χ3v) is 2.25. The van der Waals surface area contributed by atoms with Crippen LogP contribution in [0.3, 0.4) is 0 Å². The molecule has 0 saturated carbocycles. The fraction of sp³-hybridized carbons (Fsp3) is 0.800. The van der Waals surface area contributed by atoms with Crippen LogP contribution in [0.15, 0.2) is 0 Å². The molecule has 1 amide bonds. The molecule has 0 aliphatic carbocycles. The first kappa shape index (κ1) is 18.2. The van der Waals surface area contributed by atoms with Gasteiger partial charge in [0, 0.05) is 12.0 Å². The molecule has 0 spiro atoms. The average molecular weight is 251 g/mol. The van der Waals surface area contributed by atoms with E-state index in [1.807, 2.05) is 0 Å². The highest BCUT2D eigenvalue weighted by Gasteiger charge is 2.32. The van der Waals surface area contributed by atoms with E-state index in [0.717, 1.165) is 0 Å². The Morgan fingerprint density at radius 2 is 1.94 bits per heavy atom. The summed E-state index contributed by atoms with van der Waals surface area (Å²) in [4.78, 5) is 22.1. The van der Waals surface area contributed by atoms with Gasteiger partial charge in [0.05, 0.1) is 20.1 Å². The van der Waals surface area contributed by atoms with E-state index in [1.54, 1.807) is 13.8 Å². The number of aliphatic hydroxyl groups is 2. The van der Waals surface area contributed by atoms with Gasteiger partial charge in [-0.05, 0) is 0 Å². The van der Waals surface area contributed by atoms with E-state index in [1.165, 1.54) is 7.11 Å². The summed E-state index contributed by atoms with van der Waals surface area (Å²) < 4.78 is 4.39. The Kier molecular flexibility index (Phi) is 8.55. The Labute approximate surface area is 100 Å². The van der Waals surface area contributed by atoms with Crippen molar-refractivity contribution in [2.75, 3.05) is 20.3 Å². The molecule has 0 rings (SSSR count). The van der Waals surface area contributed by atoms with Crippen LogP contribution >= 0.6 is 0 Å². The van der Waals surface area contributed by atoms with Crippen LogP contribution in [0.2, 0.25) is 0 Å². The van der Waals surface area contributed by atoms with E-state index in [4.69, 9.17) is 5.11 Å². The van der Waals surface area contributed by atoms with Gasteiger partial charge in [-0.25, -0.2) is 0 Å². The summed E-state index contributed by atoms with van der Waals surface area (Å²) in [6.45, 7) is 2.93. The molecule has 1 atom stereocenters. The predicted octanol–water partition coefficient (Wildman–Crippen LogP) is -1.78. The highest BCUT2D eigenvalue weighted by molar-refractivity contribution is 5.81. The third-order valence-electron chi connectivity index (χ3n) is 2.25. The van der Waals surface area contributed by atoms with E-state index in [-0.39, 0.29) is 25.0 Å². The lowest BCUT2D eigenvalue weighted by Crippen LogP contribution is -2.46. The zero-order valence-corrected chi connectivity index (χ0v) is 10.3. The summed E-state index contributed by atoms with van der Waals surface area (Å²) in [5.74, 6) is -1.04. The molecule has 0 heterocycles. The molecule has 0 bridgehead atoms. The van der Waals surface area contributed by atoms with Crippen molar-refractivity contribution in [3.63, 3.8) is 0 Å². The molecule has 0 aromatic rings. The van der Waals surface area contributed by atoms with Crippen LogP contribution in [0.25, 0.3) is 0 Å². The number of nitrogens with one attached hydrogen (secondary N) is 1. The van der Waals surface area contributed by atoms with Gasteiger partial charge >= 0.3 is 5.97 Å². The molecule has 0 aliphatic rings. The van der Waals surface area contributed by atoms with Crippen LogP contribution in [0.5, 0.6) is 0 Å². The number of hydrogen-bond donors (Lipinski definition) is 3. The number of esters is 1. The molecule has 0 aliphatic heterocycles. The topological polar surface area (TPSA) is 127 Å². The Morgan fingerprint density at radius 3 is 2.35 bits per heavy atom. The molecule has 5 N–H and O–H groups in total. The Morgan fingerprint density at radius 1 is 1.41 bits per heavy atom. The Bertz CT molecular complexity index is 253. The van der Waals surface area contributed by atoms with E-state index >= 15 is 0 Å². The maximum atomic E-state index is 11.4. The number of amides is 1. The number of carbonyl (C=O) groups is 2. The monoisotopic (exact) mass is 251 g/mol. The molecular formula is C10H21NO6. The molecule has 7 nitrogen and oxygen atoms in total. The predicted molar refractivity (Wildman–Crippen MR) is 60.1 cm³/mol. The number of hydrogen-bond acceptors (Lipinski definition) is 5. The van der Waals surface area contributed by atoms with Gasteiger partial charge < -0.3 is 25.7 Å². The third kappa shape index (κ3) is 6.20. The van der Waals surface area contributed by atoms with Gasteiger partial charge in [-0.3, -0.25) is 9.59 Å². The largest absolute Gasteiger partial charge is 0.469 e. The van der Waals surface area contributed by atoms with Gasteiger partial charge in [0.1, 0.15) is 6.10 Å². The zero-order chi connectivity index (χ0) is 12.8. The van der Waals surface area contributed by atoms with Crippen molar-refractivity contribution in [2.24, 2.45) is 5.41 Å². The number of carbonyl (C=O) groups excluding carboxylic acids is 2. The SMILES string of the molecule is COC(=O)CCNC(=O)[C@H](O)C(C)(C)CO.O. The van der Waals surface area contributed by atoms with Crippen LogP contribution in [-0.2, 0) is 14.3 Å². The van der Waals surface area contributed by atoms with E-state index in [9.17, 15) is 14.7 Å². The van der Waals surface area contributed by atoms with Crippen molar-refractivity contribution < 1.29 is 30.0 Å². The first-order valence-corrected chi connectivity index (χ1v) is 4.98. The van der Waals surface area contributed by atoms with E-state index in [0.29, 0.717) is 0 Å². The highest BCUT2D eigenvalue weighted by atomic mass is 16.5. The minimum absolute atomic E-state index is 0. The Hall–Kier alpha value is -1.18. The van der Waals surface area contributed by atoms with Crippen molar-refractivity contribution in [3.8, 4) is 0 Å². The smallest absolute Gasteiger partial charge is 0.307 e. The van der Waals surface area contributed by atoms with Crippen LogP contribution in [0, 0.1) is 5.41 Å². The lowest BCUT2D eigenvalue weighted by atomic mass is 9.87. The quantitative estimate of drug-likeness (QED) is 0.481. The number of methoxy groups -OCH3 is 1. The first-order chi connectivity index (χ1) is 7.35. The number of ether oxygens (including phenoxy) is 1. The van der Waals surface area contributed by atoms with Crippen LogP contribution in [0.4, 0.5) is 0 Å². The molecule has 0 saturated heterocycles. The first-order valence-electron chi connectivity index (χ1n) is 4.98. The normalized spacial score (nSPS) is 12.3. The molecule has 102 valence electrons. The number of aliphatic hydroxyl groups excluding tert-OH is 2. The Balaban J connectivity index is 0. The van der Waals surface area contributed by atoms with Crippen molar-refractivity contribution in [3.05, 3.63) is 0 Å². The molecule has 0 radical (unpaired) electrons. The summed E-state index contributed by atoms with van der Waals surface area (Å²) in [5, 5.41) is 20.9. The van der Waals surface area contributed by atoms with Crippen molar-refractivity contribution in [1.82, 2.24) is 5.32 Å². The lowest BCUT2D eigenvalue weighted by molar-refractivity contribution is -0.141. The summed E-state index contributed by atoms with van der Waals surface area (Å²) in [7, 11) is 1.26. The summed E-state index contributed by atoms with van der Waals surface area (Å²) in [6.07, 6.45) is -1.26. The van der Waals surface area contributed by atoms with Gasteiger partial charge in [0.2, 0.25) is 5.91 Å². The molecule has 0 aromatic carbocycles. The van der Waals surface area contributed by atoms with Gasteiger partial charge in [-0.15, -0.1) is 0 Å². The molecule has 0 aromatic heterocycles.